The second kappa shape index (κ2) is 6.23. The molecule has 4 heteroatoms. The van der Waals surface area contributed by atoms with Crippen LogP contribution in [0.3, 0.4) is 0 Å². The standard InChI is InChI=1S/C8H10O4/c1-3-5-6-12-8(10)7(9)11-4-2/h4,6H2,1-2H3. The summed E-state index contributed by atoms with van der Waals surface area (Å²) in [5.74, 6) is 3.01. The fraction of sp³-hybridized carbons (Fsp3) is 0.500. The lowest BCUT2D eigenvalue weighted by atomic mass is 10.6. The molecule has 0 heterocycles. The van der Waals surface area contributed by atoms with Gasteiger partial charge in [-0.3, -0.25) is 0 Å². The molecule has 0 amide bonds. The quantitative estimate of drug-likeness (QED) is 0.335. The van der Waals surface area contributed by atoms with Crippen LogP contribution in [-0.4, -0.2) is 25.2 Å². The Morgan fingerprint density at radius 2 is 1.83 bits per heavy atom. The first-order valence-corrected chi connectivity index (χ1v) is 3.45. The van der Waals surface area contributed by atoms with Gasteiger partial charge in [-0.05, 0) is 13.8 Å². The van der Waals surface area contributed by atoms with Gasteiger partial charge in [0.2, 0.25) is 0 Å². The smallest absolute Gasteiger partial charge is 0.418 e. The molecule has 0 N–H and O–H groups in total. The van der Waals surface area contributed by atoms with Crippen molar-refractivity contribution in [1.82, 2.24) is 0 Å². The maximum absolute atomic E-state index is 10.6. The van der Waals surface area contributed by atoms with Gasteiger partial charge < -0.3 is 9.47 Å². The topological polar surface area (TPSA) is 52.6 Å². The highest BCUT2D eigenvalue weighted by atomic mass is 16.6. The molecule has 0 spiro atoms. The summed E-state index contributed by atoms with van der Waals surface area (Å²) in [4.78, 5) is 21.2. The molecule has 4 nitrogen and oxygen atoms in total. The van der Waals surface area contributed by atoms with E-state index in [1.807, 2.05) is 0 Å². The molecule has 0 rings (SSSR count). The lowest BCUT2D eigenvalue weighted by Gasteiger charge is -1.99. The number of esters is 2. The summed E-state index contributed by atoms with van der Waals surface area (Å²) >= 11 is 0. The van der Waals surface area contributed by atoms with E-state index in [1.54, 1.807) is 13.8 Å². The molecular formula is C8H10O4. The molecule has 0 aliphatic carbocycles. The van der Waals surface area contributed by atoms with E-state index >= 15 is 0 Å². The molecule has 0 atom stereocenters. The van der Waals surface area contributed by atoms with Gasteiger partial charge >= 0.3 is 11.9 Å². The Kier molecular flexibility index (Phi) is 5.45. The van der Waals surface area contributed by atoms with E-state index in [0.29, 0.717) is 0 Å². The minimum absolute atomic E-state index is 0.0753. The first-order chi connectivity index (χ1) is 5.72. The van der Waals surface area contributed by atoms with E-state index in [2.05, 4.69) is 21.3 Å². The van der Waals surface area contributed by atoms with Crippen LogP contribution in [0.4, 0.5) is 0 Å². The maximum Gasteiger partial charge on any atom is 0.418 e. The summed E-state index contributed by atoms with van der Waals surface area (Å²) in [7, 11) is 0. The largest absolute Gasteiger partial charge is 0.458 e. The minimum Gasteiger partial charge on any atom is -0.458 e. The number of carbonyl (C=O) groups excluding carboxylic acids is 2. The summed E-state index contributed by atoms with van der Waals surface area (Å²) in [6.07, 6.45) is 0. The molecule has 0 aromatic carbocycles. The van der Waals surface area contributed by atoms with Gasteiger partial charge in [0.25, 0.3) is 0 Å². The molecule has 0 radical (unpaired) electrons. The molecule has 0 fully saturated rings. The van der Waals surface area contributed by atoms with Gasteiger partial charge in [0, 0.05) is 0 Å². The van der Waals surface area contributed by atoms with Crippen molar-refractivity contribution in [1.29, 1.82) is 0 Å². The van der Waals surface area contributed by atoms with Crippen LogP contribution in [0, 0.1) is 11.8 Å². The van der Waals surface area contributed by atoms with Crippen LogP contribution in [0.1, 0.15) is 13.8 Å². The number of rotatable bonds is 2. The third-order valence-electron chi connectivity index (χ3n) is 0.894. The zero-order valence-corrected chi connectivity index (χ0v) is 7.05. The average Bonchev–Trinajstić information content (AvgIpc) is 2.05. The van der Waals surface area contributed by atoms with Crippen molar-refractivity contribution in [3.8, 4) is 11.8 Å². The first-order valence-electron chi connectivity index (χ1n) is 3.45. The Balaban J connectivity index is 3.69. The second-order valence-electron chi connectivity index (χ2n) is 1.72. The molecule has 0 aliphatic heterocycles. The molecule has 0 aliphatic rings. The SMILES string of the molecule is CC#CCOC(=O)C(=O)OCC. The molecule has 12 heavy (non-hydrogen) atoms. The fourth-order valence-corrected chi connectivity index (χ4v) is 0.423. The zero-order valence-electron chi connectivity index (χ0n) is 7.05. The van der Waals surface area contributed by atoms with Crippen LogP contribution in [0.2, 0.25) is 0 Å². The van der Waals surface area contributed by atoms with Crippen molar-refractivity contribution in [2.45, 2.75) is 13.8 Å². The van der Waals surface area contributed by atoms with Gasteiger partial charge in [-0.15, -0.1) is 5.92 Å². The molecule has 66 valence electrons. The van der Waals surface area contributed by atoms with Gasteiger partial charge in [-0.2, -0.15) is 0 Å². The van der Waals surface area contributed by atoms with Gasteiger partial charge in [0.15, 0.2) is 6.61 Å². The lowest BCUT2D eigenvalue weighted by Crippen LogP contribution is -2.20. The van der Waals surface area contributed by atoms with Gasteiger partial charge in [-0.25, -0.2) is 9.59 Å². The van der Waals surface area contributed by atoms with Gasteiger partial charge in [0.05, 0.1) is 6.61 Å². The molecule has 0 saturated carbocycles. The molecule has 0 aromatic rings. The number of ether oxygens (including phenoxy) is 2. The normalized spacial score (nSPS) is 7.83. The van der Waals surface area contributed by atoms with E-state index in [1.165, 1.54) is 0 Å². The zero-order chi connectivity index (χ0) is 9.40. The van der Waals surface area contributed by atoms with Crippen LogP contribution >= 0.6 is 0 Å². The van der Waals surface area contributed by atoms with Crippen LogP contribution in [0.5, 0.6) is 0 Å². The molecular weight excluding hydrogens is 160 g/mol. The average molecular weight is 170 g/mol. The Labute approximate surface area is 70.8 Å². The third-order valence-corrected chi connectivity index (χ3v) is 0.894. The summed E-state index contributed by atoms with van der Waals surface area (Å²) in [5.41, 5.74) is 0. The minimum atomic E-state index is -1.00. The summed E-state index contributed by atoms with van der Waals surface area (Å²) < 4.78 is 8.78. The first kappa shape index (κ1) is 10.5. The van der Waals surface area contributed by atoms with E-state index in [-0.39, 0.29) is 13.2 Å². The van der Waals surface area contributed by atoms with Crippen LogP contribution in [0.25, 0.3) is 0 Å². The van der Waals surface area contributed by atoms with Crippen molar-refractivity contribution < 1.29 is 19.1 Å². The highest BCUT2D eigenvalue weighted by Gasteiger charge is 2.15. The monoisotopic (exact) mass is 170 g/mol. The van der Waals surface area contributed by atoms with Crippen LogP contribution in [-0.2, 0) is 19.1 Å². The van der Waals surface area contributed by atoms with E-state index < -0.39 is 11.9 Å². The van der Waals surface area contributed by atoms with Crippen molar-refractivity contribution >= 4 is 11.9 Å². The maximum atomic E-state index is 10.6. The Morgan fingerprint density at radius 3 is 2.33 bits per heavy atom. The van der Waals surface area contributed by atoms with Crippen molar-refractivity contribution in [2.75, 3.05) is 13.2 Å². The van der Waals surface area contributed by atoms with Crippen LogP contribution < -0.4 is 0 Å². The summed E-state index contributed by atoms with van der Waals surface area (Å²) in [6, 6.07) is 0. The highest BCUT2D eigenvalue weighted by Crippen LogP contribution is 1.83. The van der Waals surface area contributed by atoms with E-state index in [4.69, 9.17) is 0 Å². The lowest BCUT2D eigenvalue weighted by molar-refractivity contribution is -0.166. The molecule has 0 saturated heterocycles. The van der Waals surface area contributed by atoms with E-state index in [9.17, 15) is 9.59 Å². The fourth-order valence-electron chi connectivity index (χ4n) is 0.423. The predicted octanol–water partition coefficient (Wildman–Crippen LogP) is 0.116. The van der Waals surface area contributed by atoms with Gasteiger partial charge in [0.1, 0.15) is 0 Å². The molecule has 0 bridgehead atoms. The predicted molar refractivity (Wildman–Crippen MR) is 41.0 cm³/mol. The summed E-state index contributed by atoms with van der Waals surface area (Å²) in [5, 5.41) is 0. The Hall–Kier alpha value is -1.50. The number of hydrogen-bond donors (Lipinski definition) is 0. The molecule has 0 aromatic heterocycles. The number of carbonyl (C=O) groups is 2. The summed E-state index contributed by atoms with van der Waals surface area (Å²) in [6.45, 7) is 3.30. The number of hydrogen-bond acceptors (Lipinski definition) is 4. The van der Waals surface area contributed by atoms with Crippen LogP contribution in [0.15, 0.2) is 0 Å². The Morgan fingerprint density at radius 1 is 1.25 bits per heavy atom. The second-order valence-corrected chi connectivity index (χ2v) is 1.72. The van der Waals surface area contributed by atoms with E-state index in [0.717, 1.165) is 0 Å². The highest BCUT2D eigenvalue weighted by molar-refractivity contribution is 6.29. The van der Waals surface area contributed by atoms with Crippen molar-refractivity contribution in [3.05, 3.63) is 0 Å². The third kappa shape index (κ3) is 4.34. The van der Waals surface area contributed by atoms with Gasteiger partial charge in [-0.1, -0.05) is 5.92 Å². The van der Waals surface area contributed by atoms with Crippen molar-refractivity contribution in [2.24, 2.45) is 0 Å². The Bertz CT molecular complexity index is 221. The molecule has 0 unspecified atom stereocenters. The van der Waals surface area contributed by atoms with Crippen molar-refractivity contribution in [3.63, 3.8) is 0 Å².